The lowest BCUT2D eigenvalue weighted by atomic mass is 10.1. The molecule has 0 bridgehead atoms. The second-order valence-electron chi connectivity index (χ2n) is 4.75. The van der Waals surface area contributed by atoms with Gasteiger partial charge in [-0.05, 0) is 39.9 Å². The summed E-state index contributed by atoms with van der Waals surface area (Å²) >= 11 is 0. The van der Waals surface area contributed by atoms with Gasteiger partial charge in [0, 0.05) is 6.04 Å². The highest BCUT2D eigenvalue weighted by molar-refractivity contribution is 5.83. The molecule has 7 nitrogen and oxygen atoms in total. The number of nitrogens with zero attached hydrogens (tertiary/aromatic N) is 1. The average Bonchev–Trinajstić information content (AvgIpc) is 2.28. The molecule has 1 saturated heterocycles. The lowest BCUT2D eigenvalue weighted by molar-refractivity contribution is -0.141. The summed E-state index contributed by atoms with van der Waals surface area (Å²) in [6, 6.07) is -1.77. The van der Waals surface area contributed by atoms with Crippen molar-refractivity contribution in [1.82, 2.24) is 15.5 Å². The Morgan fingerprint density at radius 2 is 1.89 bits per heavy atom. The number of aliphatic hydroxyl groups excluding tert-OH is 1. The van der Waals surface area contributed by atoms with Crippen molar-refractivity contribution in [2.24, 2.45) is 0 Å². The van der Waals surface area contributed by atoms with Gasteiger partial charge in [-0.3, -0.25) is 0 Å². The molecule has 18 heavy (non-hydrogen) atoms. The first-order valence-corrected chi connectivity index (χ1v) is 6.06. The molecule has 1 fully saturated rings. The van der Waals surface area contributed by atoms with Gasteiger partial charge < -0.3 is 25.7 Å². The van der Waals surface area contributed by atoms with Crippen molar-refractivity contribution in [3.63, 3.8) is 0 Å². The SMILES string of the molecule is C[C@@H](O)[C@H](NC(=O)NC1CCN(C)CC1)C(=O)O. The molecule has 4 N–H and O–H groups in total. The highest BCUT2D eigenvalue weighted by Crippen LogP contribution is 2.07. The predicted molar refractivity (Wildman–Crippen MR) is 65.3 cm³/mol. The zero-order chi connectivity index (χ0) is 13.7. The largest absolute Gasteiger partial charge is 0.480 e. The van der Waals surface area contributed by atoms with Crippen molar-refractivity contribution in [3.05, 3.63) is 0 Å². The van der Waals surface area contributed by atoms with E-state index in [2.05, 4.69) is 15.5 Å². The highest BCUT2D eigenvalue weighted by atomic mass is 16.4. The lowest BCUT2D eigenvalue weighted by Gasteiger charge is -2.30. The van der Waals surface area contributed by atoms with Crippen LogP contribution in [0.15, 0.2) is 0 Å². The van der Waals surface area contributed by atoms with Crippen LogP contribution in [0.1, 0.15) is 19.8 Å². The van der Waals surface area contributed by atoms with Gasteiger partial charge in [0.2, 0.25) is 0 Å². The molecule has 0 spiro atoms. The van der Waals surface area contributed by atoms with Gasteiger partial charge in [-0.15, -0.1) is 0 Å². The summed E-state index contributed by atoms with van der Waals surface area (Å²) in [5.74, 6) is -1.25. The zero-order valence-electron chi connectivity index (χ0n) is 10.7. The van der Waals surface area contributed by atoms with Crippen molar-refractivity contribution < 1.29 is 19.8 Å². The van der Waals surface area contributed by atoms with Crippen molar-refractivity contribution in [2.75, 3.05) is 20.1 Å². The van der Waals surface area contributed by atoms with Gasteiger partial charge >= 0.3 is 12.0 Å². The second-order valence-corrected chi connectivity index (χ2v) is 4.75. The smallest absolute Gasteiger partial charge is 0.328 e. The lowest BCUT2D eigenvalue weighted by Crippen LogP contribution is -2.54. The number of nitrogens with one attached hydrogen (secondary N) is 2. The molecule has 1 heterocycles. The summed E-state index contributed by atoms with van der Waals surface area (Å²) in [4.78, 5) is 24.6. The van der Waals surface area contributed by atoms with Gasteiger partial charge in [0.1, 0.15) is 0 Å². The number of piperidine rings is 1. The minimum Gasteiger partial charge on any atom is -0.480 e. The van der Waals surface area contributed by atoms with Crippen LogP contribution in [0.4, 0.5) is 4.79 Å². The number of carbonyl (C=O) groups is 2. The molecule has 0 aromatic heterocycles. The van der Waals surface area contributed by atoms with Gasteiger partial charge in [0.05, 0.1) is 6.10 Å². The molecule has 1 aliphatic heterocycles. The number of hydrogen-bond acceptors (Lipinski definition) is 4. The average molecular weight is 259 g/mol. The molecule has 0 saturated carbocycles. The number of aliphatic carboxylic acids is 1. The number of hydrogen-bond donors (Lipinski definition) is 4. The topological polar surface area (TPSA) is 102 Å². The van der Waals surface area contributed by atoms with Crippen LogP contribution in [0, 0.1) is 0 Å². The Bertz CT molecular complexity index is 301. The van der Waals surface area contributed by atoms with E-state index in [9.17, 15) is 14.7 Å². The summed E-state index contributed by atoms with van der Waals surface area (Å²) < 4.78 is 0. The Balaban J connectivity index is 2.38. The minimum absolute atomic E-state index is 0.0599. The number of likely N-dealkylation sites (tertiary alicyclic amines) is 1. The first-order chi connectivity index (χ1) is 8.40. The fraction of sp³-hybridized carbons (Fsp3) is 0.818. The van der Waals surface area contributed by atoms with Crippen molar-refractivity contribution in [3.8, 4) is 0 Å². The Kier molecular flexibility index (Phi) is 5.36. The molecular weight excluding hydrogens is 238 g/mol. The van der Waals surface area contributed by atoms with Crippen molar-refractivity contribution >= 4 is 12.0 Å². The van der Waals surface area contributed by atoms with Gasteiger partial charge in [-0.1, -0.05) is 0 Å². The van der Waals surface area contributed by atoms with E-state index in [4.69, 9.17) is 5.11 Å². The second kappa shape index (κ2) is 6.55. The first-order valence-electron chi connectivity index (χ1n) is 6.06. The quantitative estimate of drug-likeness (QED) is 0.530. The number of amides is 2. The van der Waals surface area contributed by atoms with E-state index in [-0.39, 0.29) is 6.04 Å². The third kappa shape index (κ3) is 4.50. The van der Waals surface area contributed by atoms with Crippen LogP contribution in [0.2, 0.25) is 0 Å². The third-order valence-corrected chi connectivity index (χ3v) is 3.09. The summed E-state index contributed by atoms with van der Waals surface area (Å²) in [7, 11) is 2.02. The van der Waals surface area contributed by atoms with Gasteiger partial charge in [-0.2, -0.15) is 0 Å². The monoisotopic (exact) mass is 259 g/mol. The van der Waals surface area contributed by atoms with Crippen LogP contribution in [0.5, 0.6) is 0 Å². The summed E-state index contributed by atoms with van der Waals surface area (Å²) in [5, 5.41) is 23.1. The summed E-state index contributed by atoms with van der Waals surface area (Å²) in [6.45, 7) is 3.14. The number of aliphatic hydroxyl groups is 1. The van der Waals surface area contributed by atoms with E-state index >= 15 is 0 Å². The molecular formula is C11H21N3O4. The van der Waals surface area contributed by atoms with Crippen LogP contribution in [0.25, 0.3) is 0 Å². The van der Waals surface area contributed by atoms with Crippen LogP contribution in [-0.2, 0) is 4.79 Å². The van der Waals surface area contributed by atoms with Crippen molar-refractivity contribution in [2.45, 2.75) is 38.0 Å². The molecule has 2 amide bonds. The van der Waals surface area contributed by atoms with Crippen molar-refractivity contribution in [1.29, 1.82) is 0 Å². The fourth-order valence-corrected chi connectivity index (χ4v) is 1.91. The van der Waals surface area contributed by atoms with Gasteiger partial charge in [0.25, 0.3) is 0 Å². The maximum Gasteiger partial charge on any atom is 0.328 e. The molecule has 0 aliphatic carbocycles. The van der Waals surface area contributed by atoms with E-state index in [1.807, 2.05) is 7.05 Å². The Labute approximate surface area is 106 Å². The standard InChI is InChI=1S/C11H21N3O4/c1-7(15)9(10(16)17)13-11(18)12-8-3-5-14(2)6-4-8/h7-9,15H,3-6H2,1-2H3,(H,16,17)(H2,12,13,18)/t7-,9+/m1/s1. The number of carboxylic acid groups (broad SMARTS) is 1. The molecule has 0 unspecified atom stereocenters. The fourth-order valence-electron chi connectivity index (χ4n) is 1.91. The Morgan fingerprint density at radius 3 is 2.33 bits per heavy atom. The summed E-state index contributed by atoms with van der Waals surface area (Å²) in [6.07, 6.45) is 0.554. The van der Waals surface area contributed by atoms with E-state index in [0.29, 0.717) is 0 Å². The first kappa shape index (κ1) is 14.7. The molecule has 104 valence electrons. The zero-order valence-corrected chi connectivity index (χ0v) is 10.7. The number of urea groups is 1. The number of rotatable bonds is 4. The van der Waals surface area contributed by atoms with Crippen LogP contribution >= 0.6 is 0 Å². The normalized spacial score (nSPS) is 21.1. The molecule has 1 rings (SSSR count). The summed E-state index contributed by atoms with van der Waals surface area (Å²) in [5.41, 5.74) is 0. The molecule has 0 aromatic carbocycles. The number of carboxylic acids is 1. The maximum atomic E-state index is 11.6. The van der Waals surface area contributed by atoms with E-state index < -0.39 is 24.1 Å². The molecule has 1 aliphatic rings. The molecule has 7 heteroatoms. The third-order valence-electron chi connectivity index (χ3n) is 3.09. The van der Waals surface area contributed by atoms with E-state index in [1.54, 1.807) is 0 Å². The van der Waals surface area contributed by atoms with E-state index in [1.165, 1.54) is 6.92 Å². The van der Waals surface area contributed by atoms with Gasteiger partial charge in [0.15, 0.2) is 6.04 Å². The molecule has 0 radical (unpaired) electrons. The predicted octanol–water partition coefficient (Wildman–Crippen LogP) is -0.786. The molecule has 2 atom stereocenters. The number of carbonyl (C=O) groups excluding carboxylic acids is 1. The van der Waals surface area contributed by atoms with E-state index in [0.717, 1.165) is 25.9 Å². The van der Waals surface area contributed by atoms with Crippen LogP contribution < -0.4 is 10.6 Å². The molecule has 0 aromatic rings. The van der Waals surface area contributed by atoms with Crippen LogP contribution in [0.3, 0.4) is 0 Å². The Hall–Kier alpha value is -1.34. The van der Waals surface area contributed by atoms with Crippen LogP contribution in [-0.4, -0.2) is 65.4 Å². The van der Waals surface area contributed by atoms with Gasteiger partial charge in [-0.25, -0.2) is 9.59 Å². The highest BCUT2D eigenvalue weighted by Gasteiger charge is 2.26. The minimum atomic E-state index is -1.28. The maximum absolute atomic E-state index is 11.6. The Morgan fingerprint density at radius 1 is 1.33 bits per heavy atom.